The van der Waals surface area contributed by atoms with E-state index in [0.29, 0.717) is 12.3 Å². The first-order valence-electron chi connectivity index (χ1n) is 5.18. The molecule has 1 fully saturated rings. The number of halogens is 1. The Morgan fingerprint density at radius 1 is 1.47 bits per heavy atom. The van der Waals surface area contributed by atoms with E-state index in [1.807, 2.05) is 23.1 Å². The molecule has 80 valence electrons. The van der Waals surface area contributed by atoms with Gasteiger partial charge in [0.1, 0.15) is 0 Å². The van der Waals surface area contributed by atoms with Crippen LogP contribution in [0.4, 0.5) is 0 Å². The third-order valence-electron chi connectivity index (χ3n) is 2.73. The van der Waals surface area contributed by atoms with Gasteiger partial charge in [0.25, 0.3) is 0 Å². The fraction of sp³-hybridized carbons (Fsp3) is 0.417. The number of carbonyl (C=O) groups excluding carboxylic acids is 1. The average Bonchev–Trinajstić information content (AvgIpc) is 2.49. The van der Waals surface area contributed by atoms with Crippen LogP contribution in [-0.4, -0.2) is 17.4 Å². The summed E-state index contributed by atoms with van der Waals surface area (Å²) in [5.41, 5.74) is 1.18. The summed E-state index contributed by atoms with van der Waals surface area (Å²) in [4.78, 5) is 13.5. The zero-order valence-corrected chi connectivity index (χ0v) is 10.3. The predicted molar refractivity (Wildman–Crippen MR) is 63.3 cm³/mol. The van der Waals surface area contributed by atoms with Crippen molar-refractivity contribution in [1.82, 2.24) is 4.90 Å². The molecule has 0 bridgehead atoms. The number of nitrogens with zero attached hydrogens (tertiary/aromatic N) is 1. The van der Waals surface area contributed by atoms with Gasteiger partial charge in [-0.25, -0.2) is 0 Å². The van der Waals surface area contributed by atoms with Crippen LogP contribution in [0.3, 0.4) is 0 Å². The SMILES string of the molecule is CC1CC(=O)N(Cc2ccccc2Br)C1. The highest BCUT2D eigenvalue weighted by Crippen LogP contribution is 2.23. The Balaban J connectivity index is 2.09. The van der Waals surface area contributed by atoms with Crippen LogP contribution in [-0.2, 0) is 11.3 Å². The molecule has 2 nitrogen and oxygen atoms in total. The van der Waals surface area contributed by atoms with Crippen LogP contribution in [0.25, 0.3) is 0 Å². The van der Waals surface area contributed by atoms with Crippen molar-refractivity contribution in [3.8, 4) is 0 Å². The molecule has 1 atom stereocenters. The van der Waals surface area contributed by atoms with E-state index in [1.165, 1.54) is 5.56 Å². The number of likely N-dealkylation sites (tertiary alicyclic amines) is 1. The van der Waals surface area contributed by atoms with Gasteiger partial charge < -0.3 is 4.90 Å². The van der Waals surface area contributed by atoms with Gasteiger partial charge in [0, 0.05) is 24.0 Å². The van der Waals surface area contributed by atoms with Gasteiger partial charge in [-0.15, -0.1) is 0 Å². The minimum absolute atomic E-state index is 0.276. The number of hydrogen-bond donors (Lipinski definition) is 0. The number of hydrogen-bond acceptors (Lipinski definition) is 1. The van der Waals surface area contributed by atoms with Crippen molar-refractivity contribution in [2.24, 2.45) is 5.92 Å². The average molecular weight is 268 g/mol. The van der Waals surface area contributed by atoms with Crippen molar-refractivity contribution in [2.75, 3.05) is 6.54 Å². The molecule has 15 heavy (non-hydrogen) atoms. The summed E-state index contributed by atoms with van der Waals surface area (Å²) in [7, 11) is 0. The number of benzene rings is 1. The second kappa shape index (κ2) is 4.35. The third kappa shape index (κ3) is 2.40. The van der Waals surface area contributed by atoms with E-state index in [1.54, 1.807) is 0 Å². The van der Waals surface area contributed by atoms with Crippen LogP contribution >= 0.6 is 15.9 Å². The highest BCUT2D eigenvalue weighted by Gasteiger charge is 2.26. The second-order valence-electron chi connectivity index (χ2n) is 4.17. The second-order valence-corrected chi connectivity index (χ2v) is 5.03. The summed E-state index contributed by atoms with van der Waals surface area (Å²) in [6, 6.07) is 8.06. The zero-order chi connectivity index (χ0) is 10.8. The van der Waals surface area contributed by atoms with Crippen LogP contribution in [0.1, 0.15) is 18.9 Å². The van der Waals surface area contributed by atoms with Crippen molar-refractivity contribution in [3.63, 3.8) is 0 Å². The molecule has 1 unspecified atom stereocenters. The number of carbonyl (C=O) groups is 1. The number of rotatable bonds is 2. The van der Waals surface area contributed by atoms with Crippen LogP contribution in [0.2, 0.25) is 0 Å². The maximum atomic E-state index is 11.6. The molecule has 0 N–H and O–H groups in total. The lowest BCUT2D eigenvalue weighted by Crippen LogP contribution is -2.24. The Morgan fingerprint density at radius 3 is 2.80 bits per heavy atom. The van der Waals surface area contributed by atoms with Crippen molar-refractivity contribution >= 4 is 21.8 Å². The summed E-state index contributed by atoms with van der Waals surface area (Å²) >= 11 is 3.50. The summed E-state index contributed by atoms with van der Waals surface area (Å²) < 4.78 is 1.08. The van der Waals surface area contributed by atoms with Gasteiger partial charge in [-0.05, 0) is 17.5 Å². The maximum absolute atomic E-state index is 11.6. The summed E-state index contributed by atoms with van der Waals surface area (Å²) in [6.45, 7) is 3.74. The molecule has 0 radical (unpaired) electrons. The molecule has 1 aliphatic heterocycles. The normalized spacial score (nSPS) is 21.1. The fourth-order valence-electron chi connectivity index (χ4n) is 1.95. The molecule has 0 aromatic heterocycles. The smallest absolute Gasteiger partial charge is 0.223 e. The molecule has 1 aliphatic rings. The molecule has 1 heterocycles. The molecule has 1 saturated heterocycles. The first-order valence-corrected chi connectivity index (χ1v) is 5.97. The summed E-state index contributed by atoms with van der Waals surface area (Å²) in [6.07, 6.45) is 0.699. The van der Waals surface area contributed by atoms with E-state index in [-0.39, 0.29) is 5.91 Å². The highest BCUT2D eigenvalue weighted by molar-refractivity contribution is 9.10. The largest absolute Gasteiger partial charge is 0.338 e. The quantitative estimate of drug-likeness (QED) is 0.807. The molecular formula is C12H14BrNO. The molecule has 0 aliphatic carbocycles. The molecule has 1 aromatic carbocycles. The molecule has 1 amide bonds. The first kappa shape index (κ1) is 10.7. The van der Waals surface area contributed by atoms with E-state index < -0.39 is 0 Å². The van der Waals surface area contributed by atoms with Crippen LogP contribution in [0, 0.1) is 5.92 Å². The predicted octanol–water partition coefficient (Wildman–Crippen LogP) is 2.82. The van der Waals surface area contributed by atoms with Gasteiger partial charge in [0.2, 0.25) is 5.91 Å². The Kier molecular flexibility index (Phi) is 3.10. The Hall–Kier alpha value is -0.830. The molecule has 2 rings (SSSR count). The van der Waals surface area contributed by atoms with E-state index in [2.05, 4.69) is 28.9 Å². The zero-order valence-electron chi connectivity index (χ0n) is 8.74. The monoisotopic (exact) mass is 267 g/mol. The Bertz CT molecular complexity index is 378. The van der Waals surface area contributed by atoms with Crippen molar-refractivity contribution < 1.29 is 4.79 Å². The van der Waals surface area contributed by atoms with Gasteiger partial charge in [-0.2, -0.15) is 0 Å². The lowest BCUT2D eigenvalue weighted by Gasteiger charge is -2.16. The standard InChI is InChI=1S/C12H14BrNO/c1-9-6-12(15)14(7-9)8-10-4-2-3-5-11(10)13/h2-5,9H,6-8H2,1H3. The highest BCUT2D eigenvalue weighted by atomic mass is 79.9. The van der Waals surface area contributed by atoms with Gasteiger partial charge in [-0.3, -0.25) is 4.79 Å². The third-order valence-corrected chi connectivity index (χ3v) is 3.50. The van der Waals surface area contributed by atoms with E-state index in [0.717, 1.165) is 17.6 Å². The van der Waals surface area contributed by atoms with E-state index >= 15 is 0 Å². The topological polar surface area (TPSA) is 20.3 Å². The Morgan fingerprint density at radius 2 is 2.20 bits per heavy atom. The van der Waals surface area contributed by atoms with Gasteiger partial charge in [-0.1, -0.05) is 41.1 Å². The van der Waals surface area contributed by atoms with E-state index in [4.69, 9.17) is 0 Å². The maximum Gasteiger partial charge on any atom is 0.223 e. The van der Waals surface area contributed by atoms with Crippen molar-refractivity contribution in [3.05, 3.63) is 34.3 Å². The van der Waals surface area contributed by atoms with Crippen molar-refractivity contribution in [2.45, 2.75) is 19.9 Å². The minimum Gasteiger partial charge on any atom is -0.338 e. The van der Waals surface area contributed by atoms with E-state index in [9.17, 15) is 4.79 Å². The van der Waals surface area contributed by atoms with Gasteiger partial charge in [0.15, 0.2) is 0 Å². The fourth-order valence-corrected chi connectivity index (χ4v) is 2.36. The van der Waals surface area contributed by atoms with Crippen LogP contribution in [0.5, 0.6) is 0 Å². The molecule has 3 heteroatoms. The summed E-state index contributed by atoms with van der Waals surface area (Å²) in [5, 5.41) is 0. The molecule has 0 saturated carbocycles. The van der Waals surface area contributed by atoms with Gasteiger partial charge >= 0.3 is 0 Å². The van der Waals surface area contributed by atoms with Crippen LogP contribution in [0.15, 0.2) is 28.7 Å². The molecule has 1 aromatic rings. The molecular weight excluding hydrogens is 254 g/mol. The lowest BCUT2D eigenvalue weighted by atomic mass is 10.2. The van der Waals surface area contributed by atoms with Crippen LogP contribution < -0.4 is 0 Å². The number of amides is 1. The van der Waals surface area contributed by atoms with Crippen molar-refractivity contribution in [1.29, 1.82) is 0 Å². The summed E-state index contributed by atoms with van der Waals surface area (Å²) in [5.74, 6) is 0.776. The Labute approximate surface area is 98.4 Å². The lowest BCUT2D eigenvalue weighted by molar-refractivity contribution is -0.128. The minimum atomic E-state index is 0.276. The first-order chi connectivity index (χ1) is 7.16. The molecule has 0 spiro atoms. The van der Waals surface area contributed by atoms with Gasteiger partial charge in [0.05, 0.1) is 0 Å².